The van der Waals surface area contributed by atoms with Crippen molar-refractivity contribution in [3.63, 3.8) is 0 Å². The Labute approximate surface area is 216 Å². The van der Waals surface area contributed by atoms with Gasteiger partial charge in [-0.25, -0.2) is 4.79 Å². The Hall–Kier alpha value is -4.39. The maximum absolute atomic E-state index is 13.7. The van der Waals surface area contributed by atoms with E-state index in [1.807, 2.05) is 56.3 Å². The lowest BCUT2D eigenvalue weighted by atomic mass is 9.92. The van der Waals surface area contributed by atoms with Gasteiger partial charge in [0.05, 0.1) is 32.7 Å². The summed E-state index contributed by atoms with van der Waals surface area (Å²) in [5, 5.41) is 0. The van der Waals surface area contributed by atoms with Crippen LogP contribution >= 0.6 is 0 Å². The minimum absolute atomic E-state index is 0.0154. The van der Waals surface area contributed by atoms with Gasteiger partial charge in [0.15, 0.2) is 17.3 Å². The van der Waals surface area contributed by atoms with Crippen molar-refractivity contribution in [3.05, 3.63) is 95.1 Å². The van der Waals surface area contributed by atoms with Crippen LogP contribution in [-0.2, 0) is 16.1 Å². The molecule has 0 unspecified atom stereocenters. The number of fused-ring (bicyclic) bond motifs is 1. The number of Topliss-reactive ketones (excluding diaryl/α,β-unsaturated/α-hetero) is 1. The van der Waals surface area contributed by atoms with Crippen LogP contribution in [0.1, 0.15) is 52.1 Å². The third-order valence-corrected chi connectivity index (χ3v) is 6.05. The summed E-state index contributed by atoms with van der Waals surface area (Å²) in [7, 11) is 2.84. The quantitative estimate of drug-likeness (QED) is 0.317. The zero-order valence-corrected chi connectivity index (χ0v) is 21.3. The number of amides is 1. The molecule has 1 amide bonds. The summed E-state index contributed by atoms with van der Waals surface area (Å²) in [5.74, 6) is 0.110. The number of esters is 1. The van der Waals surface area contributed by atoms with E-state index in [1.165, 1.54) is 20.3 Å². The lowest BCUT2D eigenvalue weighted by Crippen LogP contribution is -2.36. The van der Waals surface area contributed by atoms with Gasteiger partial charge in [0.1, 0.15) is 5.60 Å². The van der Waals surface area contributed by atoms with Crippen molar-refractivity contribution in [1.29, 1.82) is 0 Å². The minimum Gasteiger partial charge on any atom is -0.492 e. The molecular formula is C30H29NO6. The maximum Gasteiger partial charge on any atom is 0.330 e. The molecule has 0 saturated heterocycles. The van der Waals surface area contributed by atoms with Gasteiger partial charge in [-0.3, -0.25) is 9.59 Å². The second-order valence-corrected chi connectivity index (χ2v) is 9.31. The molecule has 0 spiro atoms. The predicted octanol–water partition coefficient (Wildman–Crippen LogP) is 5.47. The fourth-order valence-corrected chi connectivity index (χ4v) is 4.28. The normalized spacial score (nSPS) is 14.0. The van der Waals surface area contributed by atoms with Crippen molar-refractivity contribution in [2.45, 2.75) is 32.4 Å². The second kappa shape index (κ2) is 10.7. The lowest BCUT2D eigenvalue weighted by molar-refractivity contribution is -0.134. The van der Waals surface area contributed by atoms with Gasteiger partial charge in [0, 0.05) is 22.9 Å². The molecular weight excluding hydrogens is 470 g/mol. The molecule has 1 aliphatic rings. The first-order chi connectivity index (χ1) is 17.7. The smallest absolute Gasteiger partial charge is 0.330 e. The van der Waals surface area contributed by atoms with Gasteiger partial charge in [-0.2, -0.15) is 0 Å². The molecule has 0 saturated carbocycles. The van der Waals surface area contributed by atoms with E-state index in [2.05, 4.69) is 4.74 Å². The largest absolute Gasteiger partial charge is 0.492 e. The molecule has 3 aromatic rings. The zero-order valence-electron chi connectivity index (χ0n) is 21.3. The van der Waals surface area contributed by atoms with Crippen LogP contribution in [0.15, 0.2) is 72.8 Å². The van der Waals surface area contributed by atoms with Crippen LogP contribution in [0.5, 0.6) is 11.5 Å². The van der Waals surface area contributed by atoms with E-state index in [1.54, 1.807) is 35.2 Å². The summed E-state index contributed by atoms with van der Waals surface area (Å²) in [6, 6.07) is 19.8. The SMILES string of the molecule is COC(=O)/C=C/c1cccc(N(Cc2ccc3c(c2OC)OC(C)(C)CC3=O)C(=O)c2ccccc2)c1. The zero-order chi connectivity index (χ0) is 26.6. The monoisotopic (exact) mass is 499 g/mol. The van der Waals surface area contributed by atoms with Gasteiger partial charge in [0.25, 0.3) is 5.91 Å². The van der Waals surface area contributed by atoms with E-state index >= 15 is 0 Å². The Bertz CT molecular complexity index is 1360. The second-order valence-electron chi connectivity index (χ2n) is 9.31. The highest BCUT2D eigenvalue weighted by molar-refractivity contribution is 6.06. The van der Waals surface area contributed by atoms with E-state index in [-0.39, 0.29) is 24.7 Å². The molecule has 0 aliphatic carbocycles. The number of anilines is 1. The molecule has 1 heterocycles. The van der Waals surface area contributed by atoms with Crippen LogP contribution in [0.2, 0.25) is 0 Å². The number of carbonyl (C=O) groups excluding carboxylic acids is 3. The molecule has 1 aliphatic heterocycles. The fraction of sp³-hybridized carbons (Fsp3) is 0.233. The van der Waals surface area contributed by atoms with Gasteiger partial charge < -0.3 is 19.1 Å². The number of ether oxygens (including phenoxy) is 3. The van der Waals surface area contributed by atoms with Crippen molar-refractivity contribution < 1.29 is 28.6 Å². The number of hydrogen-bond donors (Lipinski definition) is 0. The highest BCUT2D eigenvalue weighted by Crippen LogP contribution is 2.43. The van der Waals surface area contributed by atoms with E-state index < -0.39 is 11.6 Å². The molecule has 0 aromatic heterocycles. The highest BCUT2D eigenvalue weighted by atomic mass is 16.5. The van der Waals surface area contributed by atoms with E-state index in [0.717, 1.165) is 5.56 Å². The average Bonchev–Trinajstić information content (AvgIpc) is 2.89. The van der Waals surface area contributed by atoms with Crippen LogP contribution < -0.4 is 14.4 Å². The van der Waals surface area contributed by atoms with Crippen molar-refractivity contribution in [1.82, 2.24) is 0 Å². The molecule has 7 nitrogen and oxygen atoms in total. The first kappa shape index (κ1) is 25.7. The van der Waals surface area contributed by atoms with Crippen molar-refractivity contribution in [2.24, 2.45) is 0 Å². The van der Waals surface area contributed by atoms with Crippen molar-refractivity contribution in [2.75, 3.05) is 19.1 Å². The van der Waals surface area contributed by atoms with Gasteiger partial charge in [-0.15, -0.1) is 0 Å². The minimum atomic E-state index is -0.671. The third-order valence-electron chi connectivity index (χ3n) is 6.05. The van der Waals surface area contributed by atoms with Gasteiger partial charge in [-0.05, 0) is 55.8 Å². The fourth-order valence-electron chi connectivity index (χ4n) is 4.28. The number of benzene rings is 3. The van der Waals surface area contributed by atoms with Crippen molar-refractivity contribution >= 4 is 29.4 Å². The molecule has 4 rings (SSSR count). The summed E-state index contributed by atoms with van der Waals surface area (Å²) in [4.78, 5) is 39.7. The Balaban J connectivity index is 1.78. The molecule has 0 bridgehead atoms. The summed E-state index contributed by atoms with van der Waals surface area (Å²) in [6.07, 6.45) is 3.22. The van der Waals surface area contributed by atoms with Crippen LogP contribution in [0.4, 0.5) is 5.69 Å². The van der Waals surface area contributed by atoms with Crippen LogP contribution in [0.25, 0.3) is 6.08 Å². The van der Waals surface area contributed by atoms with Gasteiger partial charge in [0.2, 0.25) is 0 Å². The molecule has 37 heavy (non-hydrogen) atoms. The first-order valence-corrected chi connectivity index (χ1v) is 11.9. The first-order valence-electron chi connectivity index (χ1n) is 11.9. The molecule has 0 fully saturated rings. The summed E-state index contributed by atoms with van der Waals surface area (Å²) >= 11 is 0. The van der Waals surface area contributed by atoms with Crippen molar-refractivity contribution in [3.8, 4) is 11.5 Å². The standard InChI is InChI=1S/C30H29NO6/c1-30(2)18-25(32)24-15-14-22(27(36-4)28(24)37-30)19-31(29(34)21-10-6-5-7-11-21)23-12-8-9-20(17-23)13-16-26(33)35-3/h5-17H,18-19H2,1-4H3/b16-13+. The highest BCUT2D eigenvalue weighted by Gasteiger charge is 2.35. The van der Waals surface area contributed by atoms with Crippen LogP contribution in [-0.4, -0.2) is 37.5 Å². The van der Waals surface area contributed by atoms with E-state index in [9.17, 15) is 14.4 Å². The molecule has 0 radical (unpaired) electrons. The summed E-state index contributed by atoms with van der Waals surface area (Å²) in [5.41, 5.74) is 2.35. The molecule has 7 heteroatoms. The van der Waals surface area contributed by atoms with Crippen LogP contribution in [0.3, 0.4) is 0 Å². The Morgan fingerprint density at radius 2 is 1.78 bits per heavy atom. The molecule has 3 aromatic carbocycles. The number of nitrogens with zero attached hydrogens (tertiary/aromatic N) is 1. The summed E-state index contributed by atoms with van der Waals surface area (Å²) in [6.45, 7) is 3.88. The number of methoxy groups -OCH3 is 2. The number of ketones is 1. The average molecular weight is 500 g/mol. The topological polar surface area (TPSA) is 82.1 Å². The number of rotatable bonds is 7. The van der Waals surface area contributed by atoms with Crippen LogP contribution in [0, 0.1) is 0 Å². The molecule has 190 valence electrons. The van der Waals surface area contributed by atoms with Gasteiger partial charge in [-0.1, -0.05) is 36.4 Å². The molecule has 0 N–H and O–H groups in total. The number of hydrogen-bond acceptors (Lipinski definition) is 6. The Morgan fingerprint density at radius 3 is 2.49 bits per heavy atom. The summed E-state index contributed by atoms with van der Waals surface area (Å²) < 4.78 is 16.6. The molecule has 0 atom stereocenters. The third kappa shape index (κ3) is 5.72. The lowest BCUT2D eigenvalue weighted by Gasteiger charge is -2.33. The number of carbonyl (C=O) groups is 3. The van der Waals surface area contributed by atoms with Gasteiger partial charge >= 0.3 is 5.97 Å². The van der Waals surface area contributed by atoms with E-state index in [0.29, 0.717) is 33.9 Å². The predicted molar refractivity (Wildman–Crippen MR) is 141 cm³/mol. The van der Waals surface area contributed by atoms with E-state index in [4.69, 9.17) is 9.47 Å². The maximum atomic E-state index is 13.7. The Kier molecular flexibility index (Phi) is 7.43. The Morgan fingerprint density at radius 1 is 1.03 bits per heavy atom.